The van der Waals surface area contributed by atoms with Crippen molar-refractivity contribution in [2.75, 3.05) is 41.0 Å². The summed E-state index contributed by atoms with van der Waals surface area (Å²) in [5.74, 6) is 2.15. The zero-order valence-electron chi connectivity index (χ0n) is 16.6. The highest BCUT2D eigenvalue weighted by molar-refractivity contribution is 5.97. The SMILES string of the molecule is COc1cc(C(=O)CCN2CCC(c3ccccc3)C2)cc(OC)c1OC.Cl. The van der Waals surface area contributed by atoms with Crippen molar-refractivity contribution >= 4 is 18.2 Å². The summed E-state index contributed by atoms with van der Waals surface area (Å²) in [6, 6.07) is 14.1. The Morgan fingerprint density at radius 2 is 1.68 bits per heavy atom. The molecule has 3 rings (SSSR count). The Hall–Kier alpha value is -2.24. The third-order valence-corrected chi connectivity index (χ3v) is 5.19. The molecule has 2 aromatic rings. The summed E-state index contributed by atoms with van der Waals surface area (Å²) in [6.07, 6.45) is 1.61. The van der Waals surface area contributed by atoms with Crippen LogP contribution in [0.1, 0.15) is 34.7 Å². The van der Waals surface area contributed by atoms with Gasteiger partial charge < -0.3 is 19.1 Å². The number of rotatable bonds is 8. The highest BCUT2D eigenvalue weighted by Gasteiger charge is 2.24. The molecule has 0 bridgehead atoms. The Balaban J connectivity index is 0.00000280. The largest absolute Gasteiger partial charge is 0.493 e. The van der Waals surface area contributed by atoms with Crippen molar-refractivity contribution in [1.82, 2.24) is 4.90 Å². The van der Waals surface area contributed by atoms with E-state index in [0.29, 0.717) is 35.2 Å². The maximum Gasteiger partial charge on any atom is 0.203 e. The first kappa shape index (κ1) is 22.1. The number of ketones is 1. The lowest BCUT2D eigenvalue weighted by Gasteiger charge is -2.17. The lowest BCUT2D eigenvalue weighted by molar-refractivity contribution is 0.0968. The van der Waals surface area contributed by atoms with Crippen LogP contribution in [0, 0.1) is 0 Å². The van der Waals surface area contributed by atoms with Crippen molar-refractivity contribution in [3.8, 4) is 17.2 Å². The van der Waals surface area contributed by atoms with E-state index in [0.717, 1.165) is 26.1 Å². The predicted octanol–water partition coefficient (Wildman–Crippen LogP) is 4.20. The van der Waals surface area contributed by atoms with Gasteiger partial charge in [-0.05, 0) is 36.6 Å². The fourth-order valence-electron chi connectivity index (χ4n) is 3.68. The van der Waals surface area contributed by atoms with Gasteiger partial charge in [0.2, 0.25) is 5.75 Å². The number of hydrogen-bond acceptors (Lipinski definition) is 5. The van der Waals surface area contributed by atoms with E-state index >= 15 is 0 Å². The Labute approximate surface area is 173 Å². The fourth-order valence-corrected chi connectivity index (χ4v) is 3.68. The average Bonchev–Trinajstić information content (AvgIpc) is 3.20. The molecule has 0 radical (unpaired) electrons. The molecule has 28 heavy (non-hydrogen) atoms. The molecule has 0 spiro atoms. The maximum absolute atomic E-state index is 12.7. The van der Waals surface area contributed by atoms with E-state index in [-0.39, 0.29) is 18.2 Å². The fraction of sp³-hybridized carbons (Fsp3) is 0.409. The number of carbonyl (C=O) groups excluding carboxylic acids is 1. The van der Waals surface area contributed by atoms with E-state index in [2.05, 4.69) is 29.2 Å². The van der Waals surface area contributed by atoms with Crippen LogP contribution in [0.3, 0.4) is 0 Å². The minimum Gasteiger partial charge on any atom is -0.493 e. The molecule has 0 aromatic heterocycles. The first-order valence-corrected chi connectivity index (χ1v) is 9.26. The van der Waals surface area contributed by atoms with Gasteiger partial charge in [0.1, 0.15) is 0 Å². The number of likely N-dealkylation sites (tertiary alicyclic amines) is 1. The molecule has 1 saturated heterocycles. The molecule has 0 aliphatic carbocycles. The number of halogens is 1. The first-order valence-electron chi connectivity index (χ1n) is 9.26. The van der Waals surface area contributed by atoms with Crippen LogP contribution in [-0.2, 0) is 0 Å². The lowest BCUT2D eigenvalue weighted by Crippen LogP contribution is -2.23. The summed E-state index contributed by atoms with van der Waals surface area (Å²) in [4.78, 5) is 15.1. The van der Waals surface area contributed by atoms with Crippen LogP contribution in [0.5, 0.6) is 17.2 Å². The van der Waals surface area contributed by atoms with E-state index in [1.807, 2.05) is 6.07 Å². The number of carbonyl (C=O) groups is 1. The predicted molar refractivity (Wildman–Crippen MR) is 113 cm³/mol. The van der Waals surface area contributed by atoms with E-state index in [1.54, 1.807) is 33.5 Å². The van der Waals surface area contributed by atoms with Crippen LogP contribution in [-0.4, -0.2) is 51.6 Å². The van der Waals surface area contributed by atoms with Crippen LogP contribution < -0.4 is 14.2 Å². The maximum atomic E-state index is 12.7. The third-order valence-electron chi connectivity index (χ3n) is 5.19. The molecule has 1 unspecified atom stereocenters. The van der Waals surface area contributed by atoms with E-state index < -0.39 is 0 Å². The Morgan fingerprint density at radius 3 is 2.25 bits per heavy atom. The van der Waals surface area contributed by atoms with Crippen LogP contribution in [0.2, 0.25) is 0 Å². The van der Waals surface area contributed by atoms with Crippen LogP contribution in [0.15, 0.2) is 42.5 Å². The summed E-state index contributed by atoms with van der Waals surface area (Å²) in [5.41, 5.74) is 1.97. The van der Waals surface area contributed by atoms with Gasteiger partial charge >= 0.3 is 0 Å². The number of nitrogens with zero attached hydrogens (tertiary/aromatic N) is 1. The van der Waals surface area contributed by atoms with Crippen molar-refractivity contribution in [3.63, 3.8) is 0 Å². The summed E-state index contributed by atoms with van der Waals surface area (Å²) in [5, 5.41) is 0. The van der Waals surface area contributed by atoms with Gasteiger partial charge in [0, 0.05) is 25.1 Å². The van der Waals surface area contributed by atoms with E-state index in [4.69, 9.17) is 14.2 Å². The topological polar surface area (TPSA) is 48.0 Å². The molecular weight excluding hydrogens is 378 g/mol. The summed E-state index contributed by atoms with van der Waals surface area (Å²) < 4.78 is 16.0. The minimum atomic E-state index is 0. The second kappa shape index (κ2) is 10.3. The molecule has 0 amide bonds. The zero-order chi connectivity index (χ0) is 19.2. The molecule has 152 valence electrons. The highest BCUT2D eigenvalue weighted by atomic mass is 35.5. The number of Topliss-reactive ketones (excluding diaryl/α,β-unsaturated/α-hetero) is 1. The molecule has 5 nitrogen and oxygen atoms in total. The first-order chi connectivity index (χ1) is 13.2. The molecule has 1 atom stereocenters. The van der Waals surface area contributed by atoms with Gasteiger partial charge in [-0.25, -0.2) is 0 Å². The quantitative estimate of drug-likeness (QED) is 0.616. The smallest absolute Gasteiger partial charge is 0.203 e. The van der Waals surface area contributed by atoms with Crippen molar-refractivity contribution in [1.29, 1.82) is 0 Å². The minimum absolute atomic E-state index is 0. The second-order valence-electron chi connectivity index (χ2n) is 6.78. The molecule has 1 heterocycles. The third kappa shape index (κ3) is 4.97. The molecular formula is C22H28ClNO4. The normalized spacial score (nSPS) is 16.3. The van der Waals surface area contributed by atoms with Crippen LogP contribution in [0.4, 0.5) is 0 Å². The molecule has 1 aliphatic heterocycles. The second-order valence-corrected chi connectivity index (χ2v) is 6.78. The lowest BCUT2D eigenvalue weighted by atomic mass is 9.99. The summed E-state index contributed by atoms with van der Waals surface area (Å²) in [6.45, 7) is 2.80. The Morgan fingerprint density at radius 1 is 1.04 bits per heavy atom. The number of hydrogen-bond donors (Lipinski definition) is 0. The number of ether oxygens (including phenoxy) is 3. The van der Waals surface area contributed by atoms with Gasteiger partial charge in [-0.3, -0.25) is 4.79 Å². The van der Waals surface area contributed by atoms with Crippen molar-refractivity contribution in [2.24, 2.45) is 0 Å². The Kier molecular flexibility index (Phi) is 8.15. The molecule has 1 fully saturated rings. The molecule has 2 aromatic carbocycles. The molecule has 0 saturated carbocycles. The average molecular weight is 406 g/mol. The van der Waals surface area contributed by atoms with E-state index in [1.165, 1.54) is 5.56 Å². The van der Waals surface area contributed by atoms with Crippen molar-refractivity contribution < 1.29 is 19.0 Å². The van der Waals surface area contributed by atoms with E-state index in [9.17, 15) is 4.79 Å². The van der Waals surface area contributed by atoms with Crippen molar-refractivity contribution in [3.05, 3.63) is 53.6 Å². The summed E-state index contributed by atoms with van der Waals surface area (Å²) >= 11 is 0. The molecule has 0 N–H and O–H groups in total. The van der Waals surface area contributed by atoms with Gasteiger partial charge in [0.25, 0.3) is 0 Å². The Bertz CT molecular complexity index is 756. The molecule has 1 aliphatic rings. The summed E-state index contributed by atoms with van der Waals surface area (Å²) in [7, 11) is 4.66. The van der Waals surface area contributed by atoms with Gasteiger partial charge in [0.15, 0.2) is 17.3 Å². The highest BCUT2D eigenvalue weighted by Crippen LogP contribution is 2.38. The van der Waals surface area contributed by atoms with Gasteiger partial charge in [-0.15, -0.1) is 12.4 Å². The van der Waals surface area contributed by atoms with Crippen LogP contribution in [0.25, 0.3) is 0 Å². The van der Waals surface area contributed by atoms with Gasteiger partial charge in [0.05, 0.1) is 21.3 Å². The van der Waals surface area contributed by atoms with Crippen LogP contribution >= 0.6 is 12.4 Å². The van der Waals surface area contributed by atoms with Crippen molar-refractivity contribution in [2.45, 2.75) is 18.8 Å². The van der Waals surface area contributed by atoms with Gasteiger partial charge in [-0.1, -0.05) is 30.3 Å². The van der Waals surface area contributed by atoms with Gasteiger partial charge in [-0.2, -0.15) is 0 Å². The number of benzene rings is 2. The standard InChI is InChI=1S/C22H27NO4.ClH/c1-25-20-13-18(14-21(26-2)22(20)27-3)19(24)10-12-23-11-9-17(15-23)16-7-5-4-6-8-16;/h4-8,13-14,17H,9-12,15H2,1-3H3;1H. The molecule has 6 heteroatoms. The number of methoxy groups -OCH3 is 3. The zero-order valence-corrected chi connectivity index (χ0v) is 17.5. The monoisotopic (exact) mass is 405 g/mol.